The Morgan fingerprint density at radius 2 is 2.44 bits per heavy atom. The Morgan fingerprint density at radius 3 is 3.12 bits per heavy atom. The lowest BCUT2D eigenvalue weighted by Gasteiger charge is -2.33. The van der Waals surface area contributed by atoms with Crippen LogP contribution in [-0.2, 0) is 10.3 Å². The lowest BCUT2D eigenvalue weighted by atomic mass is 9.93. The van der Waals surface area contributed by atoms with Gasteiger partial charge in [-0.1, -0.05) is 11.6 Å². The van der Waals surface area contributed by atoms with Crippen molar-refractivity contribution in [3.05, 3.63) is 29.0 Å². The van der Waals surface area contributed by atoms with Crippen LogP contribution in [0.25, 0.3) is 0 Å². The zero-order valence-corrected chi connectivity index (χ0v) is 9.41. The molecule has 2 unspecified atom stereocenters. The number of alkyl halides is 1. The quantitative estimate of drug-likeness (QED) is 0.763. The Balaban J connectivity index is 2.47. The molecule has 0 radical (unpaired) electrons. The molecule has 2 N–H and O–H groups in total. The van der Waals surface area contributed by atoms with Crippen LogP contribution in [0.3, 0.4) is 0 Å². The highest BCUT2D eigenvalue weighted by Gasteiger charge is 2.40. The summed E-state index contributed by atoms with van der Waals surface area (Å²) in [5.74, 6) is 0.268. The largest absolute Gasteiger partial charge is 0.385 e. The molecular formula is C10H11ClFN3O. The average Bonchev–Trinajstić information content (AvgIpc) is 2.24. The van der Waals surface area contributed by atoms with Gasteiger partial charge in [-0.3, -0.25) is 4.99 Å². The van der Waals surface area contributed by atoms with Crippen LogP contribution in [-0.4, -0.2) is 23.8 Å². The first-order valence-electron chi connectivity index (χ1n) is 4.74. The fourth-order valence-electron chi connectivity index (χ4n) is 1.62. The highest BCUT2D eigenvalue weighted by atomic mass is 35.5. The van der Waals surface area contributed by atoms with Crippen molar-refractivity contribution in [1.82, 2.24) is 4.98 Å². The molecule has 0 aliphatic carbocycles. The van der Waals surface area contributed by atoms with E-state index in [1.165, 1.54) is 6.20 Å². The summed E-state index contributed by atoms with van der Waals surface area (Å²) in [6, 6.07) is 3.20. The molecule has 0 bridgehead atoms. The van der Waals surface area contributed by atoms with Gasteiger partial charge in [0.15, 0.2) is 0 Å². The number of aromatic nitrogens is 1. The maximum atomic E-state index is 13.8. The third kappa shape index (κ3) is 1.88. The summed E-state index contributed by atoms with van der Waals surface area (Å²) in [6.45, 7) is 1.62. The molecule has 1 aromatic rings. The van der Waals surface area contributed by atoms with Crippen molar-refractivity contribution in [3.8, 4) is 0 Å². The molecule has 16 heavy (non-hydrogen) atoms. The molecule has 0 saturated carbocycles. The summed E-state index contributed by atoms with van der Waals surface area (Å²) in [5.41, 5.74) is 4.99. The second-order valence-corrected chi connectivity index (χ2v) is 4.13. The van der Waals surface area contributed by atoms with Gasteiger partial charge < -0.3 is 10.5 Å². The lowest BCUT2D eigenvalue weighted by Crippen LogP contribution is -2.43. The number of ether oxygens (including phenoxy) is 1. The fraction of sp³-hybridized carbons (Fsp3) is 0.400. The van der Waals surface area contributed by atoms with E-state index in [1.54, 1.807) is 19.1 Å². The SMILES string of the molecule is CC1(c2ccnc(Cl)c2)N=C(N)COC1F. The van der Waals surface area contributed by atoms with Crippen LogP contribution < -0.4 is 5.73 Å². The third-order valence-corrected chi connectivity index (χ3v) is 2.71. The van der Waals surface area contributed by atoms with Gasteiger partial charge in [-0.2, -0.15) is 0 Å². The second-order valence-electron chi connectivity index (χ2n) is 3.74. The first-order valence-corrected chi connectivity index (χ1v) is 5.12. The summed E-state index contributed by atoms with van der Waals surface area (Å²) in [5, 5.41) is 0.283. The van der Waals surface area contributed by atoms with Gasteiger partial charge in [0.25, 0.3) is 0 Å². The number of aliphatic imine (C=N–C) groups is 1. The predicted molar refractivity (Wildman–Crippen MR) is 59.1 cm³/mol. The number of nitrogens with two attached hydrogens (primary N) is 1. The monoisotopic (exact) mass is 243 g/mol. The Morgan fingerprint density at radius 1 is 1.69 bits per heavy atom. The summed E-state index contributed by atoms with van der Waals surface area (Å²) < 4.78 is 18.7. The summed E-state index contributed by atoms with van der Waals surface area (Å²) in [6.07, 6.45) is -0.0473. The van der Waals surface area contributed by atoms with E-state index in [0.29, 0.717) is 5.56 Å². The molecule has 0 spiro atoms. The van der Waals surface area contributed by atoms with Crippen LogP contribution in [0.4, 0.5) is 4.39 Å². The minimum atomic E-state index is -1.54. The van der Waals surface area contributed by atoms with Gasteiger partial charge in [0.05, 0.1) is 0 Å². The molecule has 86 valence electrons. The van der Waals surface area contributed by atoms with Crippen LogP contribution in [0.1, 0.15) is 12.5 Å². The predicted octanol–water partition coefficient (Wildman–Crippen LogP) is 1.63. The smallest absolute Gasteiger partial charge is 0.228 e. The van der Waals surface area contributed by atoms with Crippen LogP contribution in [0, 0.1) is 0 Å². The van der Waals surface area contributed by atoms with Gasteiger partial charge in [0.1, 0.15) is 23.1 Å². The number of hydrogen-bond acceptors (Lipinski definition) is 4. The Labute approximate surface area is 97.3 Å². The highest BCUT2D eigenvalue weighted by molar-refractivity contribution is 6.29. The molecule has 2 atom stereocenters. The maximum absolute atomic E-state index is 13.8. The fourth-order valence-corrected chi connectivity index (χ4v) is 1.79. The van der Waals surface area contributed by atoms with Gasteiger partial charge in [-0.25, -0.2) is 9.37 Å². The number of nitrogens with zero attached hydrogens (tertiary/aromatic N) is 2. The maximum Gasteiger partial charge on any atom is 0.228 e. The summed E-state index contributed by atoms with van der Waals surface area (Å²) in [7, 11) is 0. The summed E-state index contributed by atoms with van der Waals surface area (Å²) in [4.78, 5) is 7.95. The molecule has 4 nitrogen and oxygen atoms in total. The van der Waals surface area contributed by atoms with Crippen molar-refractivity contribution in [1.29, 1.82) is 0 Å². The van der Waals surface area contributed by atoms with E-state index in [4.69, 9.17) is 22.1 Å². The van der Waals surface area contributed by atoms with Crippen molar-refractivity contribution in [3.63, 3.8) is 0 Å². The van der Waals surface area contributed by atoms with Crippen molar-refractivity contribution in [2.24, 2.45) is 10.7 Å². The normalized spacial score (nSPS) is 29.9. The van der Waals surface area contributed by atoms with E-state index >= 15 is 0 Å². The molecule has 0 amide bonds. The molecule has 1 aromatic heterocycles. The standard InChI is InChI=1S/C10H11ClFN3O/c1-10(6-2-3-14-7(11)4-6)9(12)16-5-8(13)15-10/h2-4,9H,5H2,1H3,(H2,13,15). The van der Waals surface area contributed by atoms with E-state index in [0.717, 1.165) is 0 Å². The molecule has 6 heteroatoms. The molecule has 1 aliphatic rings. The zero-order chi connectivity index (χ0) is 11.8. The van der Waals surface area contributed by atoms with Crippen molar-refractivity contribution < 1.29 is 9.13 Å². The topological polar surface area (TPSA) is 60.5 Å². The third-order valence-electron chi connectivity index (χ3n) is 2.51. The second kappa shape index (κ2) is 3.99. The minimum Gasteiger partial charge on any atom is -0.385 e. The van der Waals surface area contributed by atoms with E-state index in [1.807, 2.05) is 0 Å². The number of pyridine rings is 1. The number of halogens is 2. The molecule has 0 aromatic carbocycles. The highest BCUT2D eigenvalue weighted by Crippen LogP contribution is 2.34. The average molecular weight is 244 g/mol. The van der Waals surface area contributed by atoms with Crippen LogP contribution in [0.2, 0.25) is 5.15 Å². The lowest BCUT2D eigenvalue weighted by molar-refractivity contribution is -0.0796. The van der Waals surface area contributed by atoms with Crippen LogP contribution >= 0.6 is 11.6 Å². The molecule has 2 rings (SSSR count). The molecule has 2 heterocycles. The Kier molecular flexibility index (Phi) is 2.82. The number of rotatable bonds is 1. The van der Waals surface area contributed by atoms with Gasteiger partial charge >= 0.3 is 0 Å². The van der Waals surface area contributed by atoms with Crippen LogP contribution in [0.15, 0.2) is 23.3 Å². The number of amidine groups is 1. The van der Waals surface area contributed by atoms with E-state index in [9.17, 15) is 4.39 Å². The van der Waals surface area contributed by atoms with Gasteiger partial charge in [-0.05, 0) is 24.6 Å². The summed E-state index contributed by atoms with van der Waals surface area (Å²) >= 11 is 5.76. The zero-order valence-electron chi connectivity index (χ0n) is 8.65. The first kappa shape index (κ1) is 11.3. The van der Waals surface area contributed by atoms with Gasteiger partial charge in [-0.15, -0.1) is 0 Å². The molecular weight excluding hydrogens is 233 g/mol. The van der Waals surface area contributed by atoms with Crippen molar-refractivity contribution in [2.75, 3.05) is 6.61 Å². The molecule has 0 fully saturated rings. The van der Waals surface area contributed by atoms with E-state index < -0.39 is 11.9 Å². The van der Waals surface area contributed by atoms with Gasteiger partial charge in [0, 0.05) is 6.20 Å². The van der Waals surface area contributed by atoms with Crippen molar-refractivity contribution >= 4 is 17.4 Å². The Hall–Kier alpha value is -1.20. The first-order chi connectivity index (χ1) is 7.52. The minimum absolute atomic E-state index is 0.00950. The number of hydrogen-bond donors (Lipinski definition) is 1. The molecule has 0 saturated heterocycles. The van der Waals surface area contributed by atoms with E-state index in [-0.39, 0.29) is 17.6 Å². The molecule has 1 aliphatic heterocycles. The van der Waals surface area contributed by atoms with Crippen LogP contribution in [0.5, 0.6) is 0 Å². The Bertz CT molecular complexity index is 440. The van der Waals surface area contributed by atoms with Crippen molar-refractivity contribution in [2.45, 2.75) is 18.8 Å². The van der Waals surface area contributed by atoms with Gasteiger partial charge in [0.2, 0.25) is 6.36 Å². The van der Waals surface area contributed by atoms with E-state index in [2.05, 4.69) is 9.98 Å².